The van der Waals surface area contributed by atoms with Crippen LogP contribution in [0.4, 0.5) is 0 Å². The molecule has 1 atom stereocenters. The Bertz CT molecular complexity index is 856. The fourth-order valence-electron chi connectivity index (χ4n) is 4.12. The summed E-state index contributed by atoms with van der Waals surface area (Å²) < 4.78 is 5.37. The predicted octanol–water partition coefficient (Wildman–Crippen LogP) is 3.35. The van der Waals surface area contributed by atoms with E-state index >= 15 is 0 Å². The molecule has 0 bridgehead atoms. The molecular weight excluding hydrogens is 390 g/mol. The minimum absolute atomic E-state index is 0.132. The first-order valence-electron chi connectivity index (χ1n) is 11.1. The summed E-state index contributed by atoms with van der Waals surface area (Å²) in [6, 6.07) is 13.5. The molecule has 2 amide bonds. The molecule has 1 aromatic carbocycles. The standard InChI is InChI=1S/C25H33N3O3/c1-27(17-14-22-10-5-6-15-26-22)24(29)13-12-20-8-7-16-28(19-20)25(30)18-21-9-3-4-11-23(21)31-2/h3-6,9-11,15,20H,7-8,12-14,16-19H2,1-2H3. The number of aromatic nitrogens is 1. The van der Waals surface area contributed by atoms with Crippen molar-refractivity contribution < 1.29 is 14.3 Å². The third kappa shape index (κ3) is 6.81. The smallest absolute Gasteiger partial charge is 0.227 e. The molecule has 2 heterocycles. The molecule has 3 rings (SSSR count). The summed E-state index contributed by atoms with van der Waals surface area (Å²) in [7, 11) is 3.49. The van der Waals surface area contributed by atoms with E-state index in [2.05, 4.69) is 4.98 Å². The predicted molar refractivity (Wildman–Crippen MR) is 121 cm³/mol. The van der Waals surface area contributed by atoms with E-state index < -0.39 is 0 Å². The zero-order chi connectivity index (χ0) is 22.1. The van der Waals surface area contributed by atoms with Crippen molar-refractivity contribution in [3.63, 3.8) is 0 Å². The summed E-state index contributed by atoms with van der Waals surface area (Å²) in [5.74, 6) is 1.42. The van der Waals surface area contributed by atoms with Crippen molar-refractivity contribution in [2.45, 2.75) is 38.5 Å². The molecule has 166 valence electrons. The van der Waals surface area contributed by atoms with Crippen LogP contribution in [0.1, 0.15) is 36.9 Å². The Hall–Kier alpha value is -2.89. The molecule has 31 heavy (non-hydrogen) atoms. The van der Waals surface area contributed by atoms with Crippen molar-refractivity contribution in [3.8, 4) is 5.75 Å². The second-order valence-electron chi connectivity index (χ2n) is 8.26. The molecular formula is C25H33N3O3. The average Bonchev–Trinajstić information content (AvgIpc) is 2.82. The number of methoxy groups -OCH3 is 1. The number of para-hydroxylation sites is 1. The van der Waals surface area contributed by atoms with Crippen LogP contribution in [-0.4, -0.2) is 60.4 Å². The molecule has 1 saturated heterocycles. The van der Waals surface area contributed by atoms with Crippen LogP contribution >= 0.6 is 0 Å². The SMILES string of the molecule is COc1ccccc1CC(=O)N1CCCC(CCC(=O)N(C)CCc2ccccn2)C1. The second-order valence-corrected chi connectivity index (χ2v) is 8.26. The number of ether oxygens (including phenoxy) is 1. The lowest BCUT2D eigenvalue weighted by Crippen LogP contribution is -2.41. The average molecular weight is 424 g/mol. The maximum atomic E-state index is 12.8. The van der Waals surface area contributed by atoms with Gasteiger partial charge in [0, 0.05) is 57.0 Å². The van der Waals surface area contributed by atoms with Gasteiger partial charge in [0.1, 0.15) is 5.75 Å². The molecule has 0 radical (unpaired) electrons. The normalized spacial score (nSPS) is 16.1. The minimum Gasteiger partial charge on any atom is -0.496 e. The highest BCUT2D eigenvalue weighted by atomic mass is 16.5. The number of pyridine rings is 1. The second kappa shape index (κ2) is 11.5. The van der Waals surface area contributed by atoms with Crippen LogP contribution in [0.5, 0.6) is 5.75 Å². The summed E-state index contributed by atoms with van der Waals surface area (Å²) in [6.45, 7) is 2.20. The molecule has 0 N–H and O–H groups in total. The van der Waals surface area contributed by atoms with Gasteiger partial charge in [0.15, 0.2) is 0 Å². The monoisotopic (exact) mass is 423 g/mol. The lowest BCUT2D eigenvalue weighted by atomic mass is 9.92. The maximum absolute atomic E-state index is 12.8. The van der Waals surface area contributed by atoms with Crippen LogP contribution in [0.15, 0.2) is 48.7 Å². The van der Waals surface area contributed by atoms with Crippen molar-refractivity contribution in [2.24, 2.45) is 5.92 Å². The van der Waals surface area contributed by atoms with E-state index in [4.69, 9.17) is 4.74 Å². The number of hydrogen-bond acceptors (Lipinski definition) is 4. The van der Waals surface area contributed by atoms with Crippen molar-refractivity contribution in [2.75, 3.05) is 33.8 Å². The van der Waals surface area contributed by atoms with E-state index in [9.17, 15) is 9.59 Å². The van der Waals surface area contributed by atoms with E-state index in [0.29, 0.717) is 25.3 Å². The van der Waals surface area contributed by atoms with Crippen molar-refractivity contribution in [1.29, 1.82) is 0 Å². The first-order valence-corrected chi connectivity index (χ1v) is 11.1. The Morgan fingerprint density at radius 1 is 1.19 bits per heavy atom. The number of rotatable bonds is 9. The number of carbonyl (C=O) groups is 2. The van der Waals surface area contributed by atoms with E-state index in [1.165, 1.54) is 0 Å². The number of hydrogen-bond donors (Lipinski definition) is 0. The molecule has 1 unspecified atom stereocenters. The van der Waals surface area contributed by atoms with Crippen LogP contribution in [0.25, 0.3) is 0 Å². The highest BCUT2D eigenvalue weighted by molar-refractivity contribution is 5.79. The van der Waals surface area contributed by atoms with Gasteiger partial charge < -0.3 is 14.5 Å². The van der Waals surface area contributed by atoms with Gasteiger partial charge in [0.25, 0.3) is 0 Å². The zero-order valence-corrected chi connectivity index (χ0v) is 18.6. The third-order valence-electron chi connectivity index (χ3n) is 6.03. The Labute approximate surface area is 185 Å². The number of likely N-dealkylation sites (tertiary alicyclic amines) is 1. The number of likely N-dealkylation sites (N-methyl/N-ethyl adjacent to an activating group) is 1. The molecule has 0 saturated carbocycles. The Morgan fingerprint density at radius 3 is 2.77 bits per heavy atom. The topological polar surface area (TPSA) is 62.7 Å². The number of amides is 2. The lowest BCUT2D eigenvalue weighted by molar-refractivity contribution is -0.132. The van der Waals surface area contributed by atoms with Crippen LogP contribution in [-0.2, 0) is 22.4 Å². The van der Waals surface area contributed by atoms with Gasteiger partial charge in [0.05, 0.1) is 13.5 Å². The van der Waals surface area contributed by atoms with Crippen LogP contribution in [0, 0.1) is 5.92 Å². The van der Waals surface area contributed by atoms with E-state index in [1.807, 2.05) is 54.4 Å². The van der Waals surface area contributed by atoms with E-state index in [1.54, 1.807) is 18.2 Å². The van der Waals surface area contributed by atoms with E-state index in [0.717, 1.165) is 55.8 Å². The highest BCUT2D eigenvalue weighted by Gasteiger charge is 2.25. The van der Waals surface area contributed by atoms with Crippen molar-refractivity contribution in [3.05, 3.63) is 59.9 Å². The molecule has 1 aromatic heterocycles. The number of benzene rings is 1. The Balaban J connectivity index is 1.43. The first kappa shape index (κ1) is 22.8. The fourth-order valence-corrected chi connectivity index (χ4v) is 4.12. The largest absolute Gasteiger partial charge is 0.496 e. The van der Waals surface area contributed by atoms with Gasteiger partial charge in [-0.3, -0.25) is 14.6 Å². The Morgan fingerprint density at radius 2 is 2.00 bits per heavy atom. The van der Waals surface area contributed by atoms with Gasteiger partial charge in [-0.25, -0.2) is 0 Å². The van der Waals surface area contributed by atoms with Crippen LogP contribution in [0.2, 0.25) is 0 Å². The van der Waals surface area contributed by atoms with Crippen molar-refractivity contribution >= 4 is 11.8 Å². The molecule has 1 aliphatic rings. The third-order valence-corrected chi connectivity index (χ3v) is 6.03. The molecule has 1 fully saturated rings. The molecule has 6 heteroatoms. The molecule has 0 aliphatic carbocycles. The van der Waals surface area contributed by atoms with Gasteiger partial charge in [-0.2, -0.15) is 0 Å². The number of carbonyl (C=O) groups excluding carboxylic acids is 2. The van der Waals surface area contributed by atoms with Gasteiger partial charge in [-0.05, 0) is 43.4 Å². The lowest BCUT2D eigenvalue weighted by Gasteiger charge is -2.33. The van der Waals surface area contributed by atoms with Gasteiger partial charge in [-0.1, -0.05) is 24.3 Å². The number of nitrogens with zero attached hydrogens (tertiary/aromatic N) is 3. The van der Waals surface area contributed by atoms with Gasteiger partial charge in [0.2, 0.25) is 11.8 Å². The summed E-state index contributed by atoms with van der Waals surface area (Å²) >= 11 is 0. The van der Waals surface area contributed by atoms with Crippen LogP contribution in [0.3, 0.4) is 0 Å². The van der Waals surface area contributed by atoms with Gasteiger partial charge >= 0.3 is 0 Å². The number of piperidine rings is 1. The summed E-state index contributed by atoms with van der Waals surface area (Å²) in [4.78, 5) is 33.4. The van der Waals surface area contributed by atoms with Crippen LogP contribution < -0.4 is 4.74 Å². The summed E-state index contributed by atoms with van der Waals surface area (Å²) in [6.07, 6.45) is 6.31. The highest BCUT2D eigenvalue weighted by Crippen LogP contribution is 2.24. The molecule has 0 spiro atoms. The van der Waals surface area contributed by atoms with Gasteiger partial charge in [-0.15, -0.1) is 0 Å². The maximum Gasteiger partial charge on any atom is 0.227 e. The minimum atomic E-state index is 0.132. The summed E-state index contributed by atoms with van der Waals surface area (Å²) in [5, 5.41) is 0. The first-order chi connectivity index (χ1) is 15.1. The molecule has 1 aliphatic heterocycles. The summed E-state index contributed by atoms with van der Waals surface area (Å²) in [5.41, 5.74) is 1.92. The quantitative estimate of drug-likeness (QED) is 0.621. The fraction of sp³-hybridized carbons (Fsp3) is 0.480. The Kier molecular flexibility index (Phi) is 8.44. The molecule has 2 aromatic rings. The van der Waals surface area contributed by atoms with E-state index in [-0.39, 0.29) is 11.8 Å². The molecule has 6 nitrogen and oxygen atoms in total. The zero-order valence-electron chi connectivity index (χ0n) is 18.6. The van der Waals surface area contributed by atoms with Crippen molar-refractivity contribution in [1.82, 2.24) is 14.8 Å².